The quantitative estimate of drug-likeness (QED) is 0.0405. The Bertz CT molecular complexity index is 973. The van der Waals surface area contributed by atoms with Gasteiger partial charge in [0.15, 0.2) is 12.4 Å². The van der Waals surface area contributed by atoms with Gasteiger partial charge >= 0.3 is 5.97 Å². The summed E-state index contributed by atoms with van der Waals surface area (Å²) in [5.74, 6) is -0.256. The van der Waals surface area contributed by atoms with Gasteiger partial charge in [-0.2, -0.15) is 0 Å². The van der Waals surface area contributed by atoms with E-state index in [0.29, 0.717) is 25.8 Å². The van der Waals surface area contributed by atoms with E-state index in [9.17, 15) is 14.4 Å². The van der Waals surface area contributed by atoms with Crippen molar-refractivity contribution in [3.63, 3.8) is 0 Å². The second-order valence-electron chi connectivity index (χ2n) is 15.4. The maximum Gasteiger partial charge on any atom is 0.328 e. The SMILES string of the molecule is CCCCCCCCCCCC(=O)NCCCC[C@H](NC(=O)CCCCCCCCCC)C(=O)OC(C)CCCCCCCCC[n+]1ccccc1. The Kier molecular flexibility index (Phi) is 32.6. The van der Waals surface area contributed by atoms with Crippen molar-refractivity contribution >= 4 is 17.8 Å². The monoisotopic (exact) mass is 729 g/mol. The van der Waals surface area contributed by atoms with Crippen LogP contribution in [-0.2, 0) is 25.7 Å². The standard InChI is InChI=1S/C45H81N3O4/c1-4-6-8-10-12-14-18-21-26-35-43(49)46-37-29-28-34-42(47-44(50)36-27-22-17-13-11-9-7-5-2)45(51)52-41(3)33-25-20-16-15-19-23-30-38-48-39-31-24-32-40-48/h24,31-32,39-42H,4-23,25-30,33-38H2,1-3H3,(H-,46,47,49,50)/p+1/t41?,42-/m0/s1. The molecule has 2 N–H and O–H groups in total. The molecule has 0 bridgehead atoms. The van der Waals surface area contributed by atoms with Crippen molar-refractivity contribution in [3.8, 4) is 0 Å². The molecule has 1 aromatic heterocycles. The molecule has 0 aliphatic heterocycles. The van der Waals surface area contributed by atoms with Crippen LogP contribution in [0.25, 0.3) is 0 Å². The van der Waals surface area contributed by atoms with Crippen LogP contribution in [0.2, 0.25) is 0 Å². The molecule has 7 nitrogen and oxygen atoms in total. The molecule has 0 aromatic carbocycles. The highest BCUT2D eigenvalue weighted by Crippen LogP contribution is 2.15. The minimum absolute atomic E-state index is 0.0581. The second kappa shape index (κ2) is 35.6. The summed E-state index contributed by atoms with van der Waals surface area (Å²) in [6.45, 7) is 8.14. The topological polar surface area (TPSA) is 88.4 Å². The van der Waals surface area contributed by atoms with Gasteiger partial charge in [0.05, 0.1) is 6.10 Å². The minimum atomic E-state index is -0.629. The summed E-state index contributed by atoms with van der Waals surface area (Å²) in [5.41, 5.74) is 0. The molecule has 0 aliphatic rings. The van der Waals surface area contributed by atoms with Crippen molar-refractivity contribution in [2.75, 3.05) is 6.54 Å². The summed E-state index contributed by atoms with van der Waals surface area (Å²) in [6, 6.07) is 5.59. The Morgan fingerprint density at radius 3 is 1.56 bits per heavy atom. The maximum absolute atomic E-state index is 13.3. The smallest absolute Gasteiger partial charge is 0.328 e. The highest BCUT2D eigenvalue weighted by molar-refractivity contribution is 5.84. The van der Waals surface area contributed by atoms with E-state index in [2.05, 4.69) is 59.6 Å². The van der Waals surface area contributed by atoms with Crippen LogP contribution in [0.3, 0.4) is 0 Å². The third-order valence-corrected chi connectivity index (χ3v) is 10.2. The molecular weight excluding hydrogens is 647 g/mol. The van der Waals surface area contributed by atoms with Crippen LogP contribution < -0.4 is 15.2 Å². The first kappa shape index (κ1) is 47.6. The predicted molar refractivity (Wildman–Crippen MR) is 217 cm³/mol. The molecule has 0 radical (unpaired) electrons. The molecule has 0 fully saturated rings. The second-order valence-corrected chi connectivity index (χ2v) is 15.4. The van der Waals surface area contributed by atoms with Gasteiger partial charge in [0.25, 0.3) is 0 Å². The van der Waals surface area contributed by atoms with Crippen LogP contribution in [0.5, 0.6) is 0 Å². The van der Waals surface area contributed by atoms with E-state index >= 15 is 0 Å². The third-order valence-electron chi connectivity index (χ3n) is 10.2. The minimum Gasteiger partial charge on any atom is -0.461 e. The molecule has 300 valence electrons. The summed E-state index contributed by atoms with van der Waals surface area (Å²) in [5, 5.41) is 6.06. The van der Waals surface area contributed by atoms with E-state index in [1.54, 1.807) is 0 Å². The van der Waals surface area contributed by atoms with Gasteiger partial charge in [-0.05, 0) is 58.3 Å². The molecule has 0 spiro atoms. The zero-order valence-electron chi connectivity index (χ0n) is 34.2. The van der Waals surface area contributed by atoms with Crippen molar-refractivity contribution in [1.29, 1.82) is 0 Å². The number of esters is 1. The van der Waals surface area contributed by atoms with Gasteiger partial charge in [0, 0.05) is 37.9 Å². The van der Waals surface area contributed by atoms with Gasteiger partial charge < -0.3 is 15.4 Å². The van der Waals surface area contributed by atoms with Crippen LogP contribution in [0, 0.1) is 0 Å². The lowest BCUT2D eigenvalue weighted by Crippen LogP contribution is -2.42. The van der Waals surface area contributed by atoms with Crippen molar-refractivity contribution < 1.29 is 23.7 Å². The van der Waals surface area contributed by atoms with Crippen LogP contribution >= 0.6 is 0 Å². The van der Waals surface area contributed by atoms with Crippen LogP contribution in [-0.4, -0.2) is 36.5 Å². The fourth-order valence-electron chi connectivity index (χ4n) is 6.85. The Balaban J connectivity index is 2.32. The third kappa shape index (κ3) is 30.1. The average Bonchev–Trinajstić information content (AvgIpc) is 3.14. The lowest BCUT2D eigenvalue weighted by atomic mass is 10.1. The summed E-state index contributed by atoms with van der Waals surface area (Å²) < 4.78 is 8.12. The Hall–Kier alpha value is -2.44. The molecule has 52 heavy (non-hydrogen) atoms. The molecule has 7 heteroatoms. The van der Waals surface area contributed by atoms with Crippen molar-refractivity contribution in [1.82, 2.24) is 10.6 Å². The maximum atomic E-state index is 13.3. The van der Waals surface area contributed by atoms with Crippen molar-refractivity contribution in [2.45, 2.75) is 232 Å². The summed E-state index contributed by atoms with van der Waals surface area (Å²) >= 11 is 0. The van der Waals surface area contributed by atoms with Gasteiger partial charge in [0.1, 0.15) is 12.6 Å². The number of unbranched alkanes of at least 4 members (excludes halogenated alkanes) is 22. The summed E-state index contributed by atoms with van der Waals surface area (Å²) in [4.78, 5) is 38.4. The predicted octanol–water partition coefficient (Wildman–Crippen LogP) is 11.2. The molecule has 0 saturated heterocycles. The van der Waals surface area contributed by atoms with Gasteiger partial charge in [-0.15, -0.1) is 0 Å². The number of hydrogen-bond acceptors (Lipinski definition) is 4. The first-order chi connectivity index (χ1) is 25.5. The fourth-order valence-corrected chi connectivity index (χ4v) is 6.85. The molecule has 1 aromatic rings. The van der Waals surface area contributed by atoms with E-state index in [4.69, 9.17) is 4.74 Å². The lowest BCUT2D eigenvalue weighted by molar-refractivity contribution is -0.697. The Morgan fingerprint density at radius 2 is 1.00 bits per heavy atom. The average molecular weight is 729 g/mol. The van der Waals surface area contributed by atoms with Crippen molar-refractivity contribution in [3.05, 3.63) is 30.6 Å². The number of carbonyl (C=O) groups excluding carboxylic acids is 3. The molecule has 2 amide bonds. The van der Waals surface area contributed by atoms with E-state index in [0.717, 1.165) is 70.8 Å². The number of nitrogens with one attached hydrogen (secondary N) is 2. The highest BCUT2D eigenvalue weighted by Gasteiger charge is 2.23. The molecule has 1 unspecified atom stereocenters. The first-order valence-electron chi connectivity index (χ1n) is 22.2. The van der Waals surface area contributed by atoms with Gasteiger partial charge in [0.2, 0.25) is 11.8 Å². The number of aromatic nitrogens is 1. The largest absolute Gasteiger partial charge is 0.461 e. The van der Waals surface area contributed by atoms with Crippen LogP contribution in [0.1, 0.15) is 213 Å². The zero-order valence-corrected chi connectivity index (χ0v) is 34.2. The summed E-state index contributed by atoms with van der Waals surface area (Å²) in [7, 11) is 0. The fraction of sp³-hybridized carbons (Fsp3) is 0.822. The highest BCUT2D eigenvalue weighted by atomic mass is 16.5. The number of carbonyl (C=O) groups is 3. The molecule has 0 saturated carbocycles. The van der Waals surface area contributed by atoms with Gasteiger partial charge in [-0.25, -0.2) is 9.36 Å². The molecule has 2 atom stereocenters. The van der Waals surface area contributed by atoms with Crippen molar-refractivity contribution in [2.24, 2.45) is 0 Å². The van der Waals surface area contributed by atoms with Crippen LogP contribution in [0.15, 0.2) is 30.6 Å². The number of nitrogens with zero attached hydrogens (tertiary/aromatic N) is 1. The first-order valence-corrected chi connectivity index (χ1v) is 22.2. The molecule has 0 aliphatic carbocycles. The number of rotatable bonds is 37. The number of aryl methyl sites for hydroxylation is 1. The number of hydrogen-bond donors (Lipinski definition) is 2. The Labute approximate surface area is 320 Å². The number of ether oxygens (including phenoxy) is 1. The van der Waals surface area contributed by atoms with E-state index in [-0.39, 0.29) is 23.9 Å². The molecule has 1 heterocycles. The van der Waals surface area contributed by atoms with Gasteiger partial charge in [-0.1, -0.05) is 142 Å². The normalized spacial score (nSPS) is 12.4. The Morgan fingerprint density at radius 1 is 0.538 bits per heavy atom. The van der Waals surface area contributed by atoms with Gasteiger partial charge in [-0.3, -0.25) is 9.59 Å². The number of pyridine rings is 1. The van der Waals surface area contributed by atoms with E-state index in [1.165, 1.54) is 109 Å². The van der Waals surface area contributed by atoms with E-state index in [1.807, 2.05) is 6.92 Å². The zero-order chi connectivity index (χ0) is 37.7. The summed E-state index contributed by atoms with van der Waals surface area (Å²) in [6.07, 6.45) is 37.1. The van der Waals surface area contributed by atoms with Crippen LogP contribution in [0.4, 0.5) is 0 Å². The lowest BCUT2D eigenvalue weighted by Gasteiger charge is -2.21. The molecular formula is C45H82N3O4+. The molecule has 1 rings (SSSR count). The number of amides is 2. The van der Waals surface area contributed by atoms with E-state index < -0.39 is 6.04 Å².